The molecule has 140 valence electrons. The monoisotopic (exact) mass is 357 g/mol. The number of non-ortho nitro benzene ring substituents is 1. The van der Waals surface area contributed by atoms with Gasteiger partial charge < -0.3 is 4.74 Å². The Balaban J connectivity index is 2.01. The Kier molecular flexibility index (Phi) is 6.01. The third-order valence-corrected chi connectivity index (χ3v) is 5.59. The summed E-state index contributed by atoms with van der Waals surface area (Å²) in [6, 6.07) is 5.41. The standard InChI is InChI=1S/C21H27NO4/c1-14-6-7-15(2)21(4,5)19(14)13-8-16(3)26-20(23)17-9-11-18(12-10-17)22(24)25/h8-13,15-16,19H,1,6-7H2,2-5H3/b13-8+/t15-,16+,19-/m1/s1. The Morgan fingerprint density at radius 1 is 1.38 bits per heavy atom. The lowest BCUT2D eigenvalue weighted by Crippen LogP contribution is -2.35. The number of nitrogens with zero attached hydrogens (tertiary/aromatic N) is 1. The zero-order valence-electron chi connectivity index (χ0n) is 15.9. The summed E-state index contributed by atoms with van der Waals surface area (Å²) in [5.74, 6) is 0.361. The Hall–Kier alpha value is -2.43. The second-order valence-electron chi connectivity index (χ2n) is 7.70. The molecule has 1 fully saturated rings. The van der Waals surface area contributed by atoms with Crippen LogP contribution in [0.25, 0.3) is 0 Å². The van der Waals surface area contributed by atoms with Gasteiger partial charge in [0.15, 0.2) is 0 Å². The number of carbonyl (C=O) groups is 1. The van der Waals surface area contributed by atoms with E-state index in [0.29, 0.717) is 11.5 Å². The maximum Gasteiger partial charge on any atom is 0.338 e. The molecule has 1 aliphatic carbocycles. The van der Waals surface area contributed by atoms with E-state index >= 15 is 0 Å². The molecule has 0 radical (unpaired) electrons. The minimum Gasteiger partial charge on any atom is -0.455 e. The van der Waals surface area contributed by atoms with Crippen molar-refractivity contribution in [3.05, 3.63) is 64.2 Å². The molecule has 1 aliphatic rings. The van der Waals surface area contributed by atoms with Gasteiger partial charge in [-0.25, -0.2) is 4.79 Å². The van der Waals surface area contributed by atoms with Crippen LogP contribution in [-0.4, -0.2) is 17.0 Å². The highest BCUT2D eigenvalue weighted by molar-refractivity contribution is 5.89. The van der Waals surface area contributed by atoms with Gasteiger partial charge in [-0.05, 0) is 49.3 Å². The normalized spacial score (nSPS) is 23.6. The average molecular weight is 357 g/mol. The highest BCUT2D eigenvalue weighted by atomic mass is 16.6. The summed E-state index contributed by atoms with van der Waals surface area (Å²) in [4.78, 5) is 22.4. The molecule has 0 bridgehead atoms. The number of nitro groups is 1. The van der Waals surface area contributed by atoms with E-state index in [9.17, 15) is 14.9 Å². The summed E-state index contributed by atoms with van der Waals surface area (Å²) in [6.07, 6.45) is 5.79. The van der Waals surface area contributed by atoms with E-state index in [1.54, 1.807) is 0 Å². The van der Waals surface area contributed by atoms with Crippen LogP contribution in [0.3, 0.4) is 0 Å². The Morgan fingerprint density at radius 2 is 2.00 bits per heavy atom. The Bertz CT molecular complexity index is 718. The minimum absolute atomic E-state index is 0.0540. The molecule has 0 heterocycles. The zero-order chi connectivity index (χ0) is 19.5. The van der Waals surface area contributed by atoms with E-state index in [2.05, 4.69) is 33.4 Å². The van der Waals surface area contributed by atoms with Crippen molar-refractivity contribution in [2.75, 3.05) is 0 Å². The SMILES string of the molecule is C=C1CC[C@@H](C)C(C)(C)[C@@H]1/C=C/[C@H](C)OC(=O)c1ccc([N+](=O)[O-])cc1. The second-order valence-corrected chi connectivity index (χ2v) is 7.70. The van der Waals surface area contributed by atoms with Crippen molar-refractivity contribution in [1.29, 1.82) is 0 Å². The average Bonchev–Trinajstić information content (AvgIpc) is 2.58. The quantitative estimate of drug-likeness (QED) is 0.309. The first-order chi connectivity index (χ1) is 12.1. The van der Waals surface area contributed by atoms with Crippen LogP contribution in [0.1, 0.15) is 50.9 Å². The molecular weight excluding hydrogens is 330 g/mol. The fraction of sp³-hybridized carbons (Fsp3) is 0.476. The van der Waals surface area contributed by atoms with Crippen molar-refractivity contribution in [3.63, 3.8) is 0 Å². The van der Waals surface area contributed by atoms with Crippen molar-refractivity contribution < 1.29 is 14.5 Å². The molecular formula is C21H27NO4. The number of hydrogen-bond donors (Lipinski definition) is 0. The molecule has 1 aromatic rings. The van der Waals surface area contributed by atoms with Crippen molar-refractivity contribution >= 4 is 11.7 Å². The van der Waals surface area contributed by atoms with Crippen LogP contribution >= 0.6 is 0 Å². The molecule has 0 N–H and O–H groups in total. The molecule has 0 unspecified atom stereocenters. The fourth-order valence-electron chi connectivity index (χ4n) is 3.41. The van der Waals surface area contributed by atoms with Crippen LogP contribution in [0.5, 0.6) is 0 Å². The summed E-state index contributed by atoms with van der Waals surface area (Å²) in [7, 11) is 0. The predicted molar refractivity (Wildman–Crippen MR) is 102 cm³/mol. The lowest BCUT2D eigenvalue weighted by atomic mass is 9.61. The molecule has 26 heavy (non-hydrogen) atoms. The van der Waals surface area contributed by atoms with Gasteiger partial charge >= 0.3 is 5.97 Å². The first-order valence-electron chi connectivity index (χ1n) is 8.94. The summed E-state index contributed by atoms with van der Waals surface area (Å²) in [5, 5.41) is 10.7. The van der Waals surface area contributed by atoms with Gasteiger partial charge in [-0.2, -0.15) is 0 Å². The van der Waals surface area contributed by atoms with E-state index in [0.717, 1.165) is 12.8 Å². The minimum atomic E-state index is -0.500. The lowest BCUT2D eigenvalue weighted by molar-refractivity contribution is -0.384. The highest BCUT2D eigenvalue weighted by Gasteiger charge is 2.38. The van der Waals surface area contributed by atoms with Gasteiger partial charge in [0.1, 0.15) is 6.10 Å². The number of allylic oxidation sites excluding steroid dienone is 2. The predicted octanol–water partition coefficient (Wildman–Crippen LogP) is 5.32. The molecule has 0 amide bonds. The van der Waals surface area contributed by atoms with E-state index in [-0.39, 0.29) is 17.0 Å². The number of ether oxygens (including phenoxy) is 1. The maximum absolute atomic E-state index is 12.2. The number of nitro benzene ring substituents is 1. The first-order valence-corrected chi connectivity index (χ1v) is 8.94. The molecule has 3 atom stereocenters. The van der Waals surface area contributed by atoms with Gasteiger partial charge in [-0.15, -0.1) is 0 Å². The molecule has 5 heteroatoms. The fourth-order valence-corrected chi connectivity index (χ4v) is 3.41. The lowest BCUT2D eigenvalue weighted by Gasteiger charge is -2.44. The molecule has 0 aliphatic heterocycles. The Morgan fingerprint density at radius 3 is 2.58 bits per heavy atom. The van der Waals surface area contributed by atoms with Crippen LogP contribution in [0.4, 0.5) is 5.69 Å². The molecule has 1 aromatic carbocycles. The molecule has 0 spiro atoms. The van der Waals surface area contributed by atoms with Gasteiger partial charge in [0.25, 0.3) is 5.69 Å². The second kappa shape index (κ2) is 7.85. The van der Waals surface area contributed by atoms with Crippen LogP contribution < -0.4 is 0 Å². The summed E-state index contributed by atoms with van der Waals surface area (Å²) >= 11 is 0. The van der Waals surface area contributed by atoms with Gasteiger partial charge in [-0.1, -0.05) is 39.0 Å². The van der Waals surface area contributed by atoms with Crippen LogP contribution in [-0.2, 0) is 4.74 Å². The zero-order valence-corrected chi connectivity index (χ0v) is 15.9. The number of hydrogen-bond acceptors (Lipinski definition) is 4. The van der Waals surface area contributed by atoms with Gasteiger partial charge in [0.05, 0.1) is 10.5 Å². The topological polar surface area (TPSA) is 69.4 Å². The van der Waals surface area contributed by atoms with E-state index in [1.807, 2.05) is 13.0 Å². The van der Waals surface area contributed by atoms with Gasteiger partial charge in [-0.3, -0.25) is 10.1 Å². The smallest absolute Gasteiger partial charge is 0.338 e. The summed E-state index contributed by atoms with van der Waals surface area (Å²) in [6.45, 7) is 12.8. The van der Waals surface area contributed by atoms with Gasteiger partial charge in [0, 0.05) is 18.1 Å². The molecule has 1 saturated carbocycles. The largest absolute Gasteiger partial charge is 0.455 e. The highest BCUT2D eigenvalue weighted by Crippen LogP contribution is 2.47. The Labute approximate surface area is 154 Å². The molecule has 2 rings (SSSR count). The number of rotatable bonds is 5. The molecule has 0 aromatic heterocycles. The summed E-state index contributed by atoms with van der Waals surface area (Å²) < 4.78 is 5.43. The van der Waals surface area contributed by atoms with E-state index in [1.165, 1.54) is 29.8 Å². The number of benzene rings is 1. The third kappa shape index (κ3) is 4.40. The molecule has 0 saturated heterocycles. The van der Waals surface area contributed by atoms with Gasteiger partial charge in [0.2, 0.25) is 0 Å². The van der Waals surface area contributed by atoms with Crippen LogP contribution in [0.15, 0.2) is 48.6 Å². The summed E-state index contributed by atoms with van der Waals surface area (Å²) in [5.41, 5.74) is 1.58. The number of carbonyl (C=O) groups excluding carboxylic acids is 1. The van der Waals surface area contributed by atoms with E-state index in [4.69, 9.17) is 4.74 Å². The maximum atomic E-state index is 12.2. The molecule has 5 nitrogen and oxygen atoms in total. The van der Waals surface area contributed by atoms with Crippen LogP contribution in [0.2, 0.25) is 0 Å². The third-order valence-electron chi connectivity index (χ3n) is 5.59. The first kappa shape index (κ1) is 19.9. The van der Waals surface area contributed by atoms with Crippen LogP contribution in [0, 0.1) is 27.4 Å². The van der Waals surface area contributed by atoms with Crippen molar-refractivity contribution in [3.8, 4) is 0 Å². The van der Waals surface area contributed by atoms with Crippen molar-refractivity contribution in [1.82, 2.24) is 0 Å². The van der Waals surface area contributed by atoms with Crippen molar-refractivity contribution in [2.45, 2.75) is 46.6 Å². The van der Waals surface area contributed by atoms with E-state index < -0.39 is 17.0 Å². The van der Waals surface area contributed by atoms with Crippen molar-refractivity contribution in [2.24, 2.45) is 17.3 Å². The number of esters is 1.